The first-order chi connectivity index (χ1) is 18.8. The van der Waals surface area contributed by atoms with Crippen molar-refractivity contribution in [3.63, 3.8) is 0 Å². The summed E-state index contributed by atoms with van der Waals surface area (Å²) in [5, 5.41) is 12.7. The molecule has 1 atom stereocenters. The van der Waals surface area contributed by atoms with Crippen molar-refractivity contribution in [2.45, 2.75) is 36.6 Å². The van der Waals surface area contributed by atoms with Gasteiger partial charge >= 0.3 is 29.6 Å². The number of hydrogen-bond acceptors (Lipinski definition) is 9. The van der Waals surface area contributed by atoms with E-state index in [1.165, 1.54) is 23.4 Å². The molecule has 1 heterocycles. The van der Waals surface area contributed by atoms with Crippen molar-refractivity contribution in [1.82, 2.24) is 0 Å². The number of nitrogens with zero attached hydrogens (tertiary/aromatic N) is 5. The maximum absolute atomic E-state index is 13.4. The summed E-state index contributed by atoms with van der Waals surface area (Å²) in [5.41, 5.74) is 1.55. The second-order valence-corrected chi connectivity index (χ2v) is 12.7. The van der Waals surface area contributed by atoms with Gasteiger partial charge in [-0.3, -0.25) is 9.10 Å². The molecule has 3 aromatic rings. The van der Waals surface area contributed by atoms with Gasteiger partial charge in [0.25, 0.3) is 15.9 Å². The van der Waals surface area contributed by atoms with Crippen LogP contribution in [0.5, 0.6) is 0 Å². The number of anilines is 2. The van der Waals surface area contributed by atoms with E-state index in [2.05, 4.69) is 15.3 Å². The number of rotatable bonds is 8. The molecule has 0 saturated heterocycles. The summed E-state index contributed by atoms with van der Waals surface area (Å²) in [5.74, 6) is -0.667. The summed E-state index contributed by atoms with van der Waals surface area (Å²) < 4.78 is 62.3. The number of amides is 1. The Hall–Kier alpha value is -2.36. The number of carbonyl (C=O) groups excluding carboxylic acids is 1. The standard InChI is InChI=1S/C25H23Cl2N5O6S2.Na/c1-4-31(17-8-6-5-7-9-17)39(34,35)18-11-10-15(2)21(12-18)28-29-24-16(3)30-32(25(24)33)22-13-20(27)23(14-19(22)26)40(36,37)38;/h5-14,24H,4H2,1-3H3,(H,36,37,38);/q;+1/p-1. The Morgan fingerprint density at radius 1 is 1.00 bits per heavy atom. The third kappa shape index (κ3) is 6.83. The van der Waals surface area contributed by atoms with E-state index in [-0.39, 0.29) is 63.1 Å². The fourth-order valence-corrected chi connectivity index (χ4v) is 6.73. The van der Waals surface area contributed by atoms with Crippen molar-refractivity contribution in [1.29, 1.82) is 0 Å². The Morgan fingerprint density at radius 2 is 1.66 bits per heavy atom. The first kappa shape index (κ1) is 33.1. The minimum Gasteiger partial charge on any atom is -0.744 e. The van der Waals surface area contributed by atoms with Gasteiger partial charge in [0.15, 0.2) is 6.04 Å². The molecule has 16 heteroatoms. The second-order valence-electron chi connectivity index (χ2n) is 8.65. The number of hydrazone groups is 1. The maximum Gasteiger partial charge on any atom is 1.00 e. The van der Waals surface area contributed by atoms with Crippen LogP contribution in [-0.2, 0) is 24.9 Å². The number of sulfonamides is 1. The van der Waals surface area contributed by atoms with Crippen LogP contribution in [0.3, 0.4) is 0 Å². The molecule has 3 aromatic carbocycles. The molecule has 11 nitrogen and oxygen atoms in total. The van der Waals surface area contributed by atoms with Gasteiger partial charge in [0, 0.05) is 6.54 Å². The number of hydrogen-bond donors (Lipinski definition) is 0. The number of para-hydroxylation sites is 1. The monoisotopic (exact) mass is 645 g/mol. The quantitative estimate of drug-likeness (QED) is 0.208. The van der Waals surface area contributed by atoms with Crippen molar-refractivity contribution >= 4 is 72.0 Å². The smallest absolute Gasteiger partial charge is 0.744 e. The molecule has 41 heavy (non-hydrogen) atoms. The van der Waals surface area contributed by atoms with Gasteiger partial charge in [-0.25, -0.2) is 16.8 Å². The van der Waals surface area contributed by atoms with Crippen LogP contribution in [-0.4, -0.2) is 45.6 Å². The van der Waals surface area contributed by atoms with E-state index in [1.54, 1.807) is 50.2 Å². The van der Waals surface area contributed by atoms with Crippen LogP contribution in [0.25, 0.3) is 0 Å². The third-order valence-corrected chi connectivity index (χ3v) is 9.48. The predicted octanol–water partition coefficient (Wildman–Crippen LogP) is 2.30. The average Bonchev–Trinajstić information content (AvgIpc) is 3.17. The Balaban J connectivity index is 0.00000462. The van der Waals surface area contributed by atoms with E-state index in [4.69, 9.17) is 23.2 Å². The normalized spacial score (nSPS) is 15.7. The molecule has 1 amide bonds. The minimum absolute atomic E-state index is 0. The van der Waals surface area contributed by atoms with Crippen LogP contribution < -0.4 is 38.9 Å². The number of aryl methyl sites for hydroxylation is 1. The van der Waals surface area contributed by atoms with Gasteiger partial charge in [0.2, 0.25) is 0 Å². The molecule has 0 spiro atoms. The molecule has 0 fully saturated rings. The van der Waals surface area contributed by atoms with Crippen molar-refractivity contribution in [3.8, 4) is 0 Å². The van der Waals surface area contributed by atoms with Gasteiger partial charge in [-0.15, -0.1) is 0 Å². The van der Waals surface area contributed by atoms with Gasteiger partial charge in [-0.1, -0.05) is 47.5 Å². The number of halogens is 2. The van der Waals surface area contributed by atoms with Crippen molar-refractivity contribution in [2.75, 3.05) is 15.9 Å². The van der Waals surface area contributed by atoms with Gasteiger partial charge in [-0.05, 0) is 62.7 Å². The summed E-state index contributed by atoms with van der Waals surface area (Å²) in [7, 11) is -8.83. The molecule has 0 radical (unpaired) electrons. The molecule has 0 aromatic heterocycles. The van der Waals surface area contributed by atoms with Crippen LogP contribution in [0.15, 0.2) is 85.8 Å². The van der Waals surface area contributed by atoms with Gasteiger partial charge in [0.05, 0.1) is 42.6 Å². The van der Waals surface area contributed by atoms with Gasteiger partial charge in [-0.2, -0.15) is 20.3 Å². The van der Waals surface area contributed by atoms with E-state index in [0.29, 0.717) is 11.3 Å². The predicted molar refractivity (Wildman–Crippen MR) is 151 cm³/mol. The Morgan fingerprint density at radius 3 is 2.27 bits per heavy atom. The summed E-state index contributed by atoms with van der Waals surface area (Å²) in [6.07, 6.45) is 0. The molecule has 1 unspecified atom stereocenters. The largest absolute Gasteiger partial charge is 1.00 e. The number of carbonyl (C=O) groups is 1. The molecule has 1 aliphatic heterocycles. The van der Waals surface area contributed by atoms with Crippen molar-refractivity contribution in [3.05, 3.63) is 76.3 Å². The first-order valence-electron chi connectivity index (χ1n) is 11.7. The van der Waals surface area contributed by atoms with Crippen LogP contribution in [0.1, 0.15) is 19.4 Å². The molecule has 210 valence electrons. The Bertz CT molecular complexity index is 1770. The van der Waals surface area contributed by atoms with Crippen molar-refractivity contribution in [2.24, 2.45) is 15.3 Å². The summed E-state index contributed by atoms with van der Waals surface area (Å²) >= 11 is 12.1. The topological polar surface area (TPSA) is 152 Å². The van der Waals surface area contributed by atoms with Crippen LogP contribution in [0.2, 0.25) is 10.0 Å². The van der Waals surface area contributed by atoms with Crippen LogP contribution >= 0.6 is 23.2 Å². The maximum atomic E-state index is 13.4. The zero-order chi connectivity index (χ0) is 29.4. The molecule has 0 bridgehead atoms. The van der Waals surface area contributed by atoms with Crippen LogP contribution in [0, 0.1) is 6.92 Å². The fourth-order valence-electron chi connectivity index (χ4n) is 3.92. The molecule has 0 N–H and O–H groups in total. The molecular weight excluding hydrogens is 624 g/mol. The summed E-state index contributed by atoms with van der Waals surface area (Å²) in [4.78, 5) is 12.4. The molecule has 0 aliphatic carbocycles. The molecule has 1 aliphatic rings. The van der Waals surface area contributed by atoms with Crippen molar-refractivity contribution < 1.29 is 55.7 Å². The number of azo groups is 1. The summed E-state index contributed by atoms with van der Waals surface area (Å²) in [6, 6.07) is 13.8. The molecular formula is C25H22Cl2N5NaO6S2. The Kier molecular flexibility index (Phi) is 10.4. The van der Waals surface area contributed by atoms with Crippen LogP contribution in [0.4, 0.5) is 17.1 Å². The number of benzene rings is 3. The Labute approximate surface area is 269 Å². The van der Waals surface area contributed by atoms with E-state index < -0.39 is 42.0 Å². The van der Waals surface area contributed by atoms with Gasteiger partial charge in [0.1, 0.15) is 10.1 Å². The molecule has 4 rings (SSSR count). The summed E-state index contributed by atoms with van der Waals surface area (Å²) in [6.45, 7) is 5.18. The zero-order valence-electron chi connectivity index (χ0n) is 22.3. The van der Waals surface area contributed by atoms with Gasteiger partial charge < -0.3 is 4.55 Å². The molecule has 0 saturated carbocycles. The second kappa shape index (κ2) is 12.9. The fraction of sp³-hybridized carbons (Fsp3) is 0.200. The minimum atomic E-state index is -4.90. The van der Waals surface area contributed by atoms with E-state index in [0.717, 1.165) is 17.1 Å². The third-order valence-electron chi connectivity index (χ3n) is 5.98. The van der Waals surface area contributed by atoms with E-state index in [1.807, 2.05) is 0 Å². The SMILES string of the molecule is CCN(c1ccccc1)S(=O)(=O)c1ccc(C)c(N=NC2C(=O)N(c3cc(Cl)c(S(=O)(=O)[O-])cc3Cl)N=C2C)c1.[Na+]. The first-order valence-corrected chi connectivity index (χ1v) is 15.3. The average molecular weight is 647 g/mol. The van der Waals surface area contributed by atoms with E-state index >= 15 is 0 Å². The zero-order valence-corrected chi connectivity index (χ0v) is 27.5. The van der Waals surface area contributed by atoms with E-state index in [9.17, 15) is 26.2 Å².